The molecule has 3 N–H and O–H groups in total. The molecule has 132 heavy (non-hydrogen) atoms. The van der Waals surface area contributed by atoms with Crippen LogP contribution >= 0.6 is 0 Å². The molecule has 0 heterocycles. The molecular weight excluding hydrogens is 1630 g/mol. The van der Waals surface area contributed by atoms with Crippen LogP contribution in [0.3, 0.4) is 0 Å². The lowest BCUT2D eigenvalue weighted by atomic mass is 9.90. The van der Waals surface area contributed by atoms with Crippen molar-refractivity contribution in [1.82, 2.24) is 0 Å². The minimum absolute atomic E-state index is 0.281. The first-order chi connectivity index (χ1) is 64.7. The third-order valence-electron chi connectivity index (χ3n) is 27.2. The molecule has 0 radical (unpaired) electrons. The zero-order valence-electron chi connectivity index (χ0n) is 84.8. The van der Waals surface area contributed by atoms with E-state index >= 15 is 0 Å². The lowest BCUT2D eigenvalue weighted by Crippen LogP contribution is -2.15. The van der Waals surface area contributed by atoms with Gasteiger partial charge < -0.3 is 58.0 Å². The zero-order chi connectivity index (χ0) is 93.9. The number of aryl methyl sites for hydroxylation is 2. The minimum atomic E-state index is -0.391. The van der Waals surface area contributed by atoms with Crippen molar-refractivity contribution < 1.29 is 58.0 Å². The van der Waals surface area contributed by atoms with Crippen LogP contribution in [0, 0.1) is 47.3 Å². The van der Waals surface area contributed by atoms with Crippen molar-refractivity contribution >= 4 is 0 Å². The van der Waals surface area contributed by atoms with Gasteiger partial charge in [-0.1, -0.05) is 315 Å². The molecule has 2 unspecified atom stereocenters. The molecule has 738 valence electrons. The largest absolute Gasteiger partial charge is 0.494 e. The zero-order valence-corrected chi connectivity index (χ0v) is 84.8. The Morgan fingerprint density at radius 1 is 0.250 bits per heavy atom. The third kappa shape index (κ3) is 49.9. The Balaban J connectivity index is 0.000000211. The second-order valence-electron chi connectivity index (χ2n) is 39.6. The molecule has 12 heteroatoms. The van der Waals surface area contributed by atoms with E-state index in [0.29, 0.717) is 17.8 Å². The fourth-order valence-corrected chi connectivity index (χ4v) is 18.5. The topological polar surface area (TPSA) is 144 Å². The molecule has 0 aromatic heterocycles. The van der Waals surface area contributed by atoms with Gasteiger partial charge >= 0.3 is 0 Å². The normalized spacial score (nSPS) is 17.0. The summed E-state index contributed by atoms with van der Waals surface area (Å²) in [5.74, 6) is 13.9. The summed E-state index contributed by atoms with van der Waals surface area (Å²) in [4.78, 5) is 0. The average molecular weight is 1820 g/mol. The quantitative estimate of drug-likeness (QED) is 0.0335. The second-order valence-corrected chi connectivity index (χ2v) is 39.6. The number of aliphatic hydroxyl groups is 3. The van der Waals surface area contributed by atoms with Gasteiger partial charge in [-0.05, 0) is 295 Å². The fourth-order valence-electron chi connectivity index (χ4n) is 18.5. The SMILES string of the molecule is CCCC(O)c1cccc(OCC2CCCCCCC2)c1.CCCC(O)c1cccc(OCCC(C)C)c1.CCCCc1cccc(OCC2CCCC2)c1.CCCCc1cccc(OCC2CCCCCCC2)c1.CCCOc1cccc(OCC2CCCC2)c1.CCCOc1cccc(OCC2CCCCCCC2)c1.CC[C@@H](C)[C@H](O)c1cccc(OCC2CCCCC2)c1. The first-order valence-electron chi connectivity index (χ1n) is 54.0. The Hall–Kier alpha value is -7.38. The number of hydrogen-bond donors (Lipinski definition) is 3. The van der Waals surface area contributed by atoms with Crippen molar-refractivity contribution in [2.75, 3.05) is 59.5 Å². The predicted molar refractivity (Wildman–Crippen MR) is 554 cm³/mol. The van der Waals surface area contributed by atoms with Gasteiger partial charge in [-0.3, -0.25) is 0 Å². The molecule has 13 rings (SSSR count). The summed E-state index contributed by atoms with van der Waals surface area (Å²) in [5.41, 5.74) is 5.74. The Morgan fingerprint density at radius 2 is 0.492 bits per heavy atom. The maximum absolute atomic E-state index is 10.3. The van der Waals surface area contributed by atoms with E-state index in [1.165, 1.54) is 268 Å². The molecule has 4 atom stereocenters. The van der Waals surface area contributed by atoms with Gasteiger partial charge in [0.15, 0.2) is 0 Å². The average Bonchev–Trinajstić information content (AvgIpc) is 1.00. The highest BCUT2D eigenvalue weighted by Gasteiger charge is 2.22. The van der Waals surface area contributed by atoms with Crippen LogP contribution in [0.15, 0.2) is 170 Å². The van der Waals surface area contributed by atoms with Crippen LogP contribution in [0.5, 0.6) is 51.7 Å². The van der Waals surface area contributed by atoms with Gasteiger partial charge in [0.25, 0.3) is 0 Å². The van der Waals surface area contributed by atoms with Gasteiger partial charge in [-0.2, -0.15) is 0 Å². The first kappa shape index (κ1) is 112. The molecule has 0 spiro atoms. The van der Waals surface area contributed by atoms with Crippen molar-refractivity contribution in [2.24, 2.45) is 47.3 Å². The van der Waals surface area contributed by atoms with E-state index in [4.69, 9.17) is 42.6 Å². The van der Waals surface area contributed by atoms with Gasteiger partial charge in [-0.15, -0.1) is 0 Å². The Kier molecular flexibility index (Phi) is 60.2. The van der Waals surface area contributed by atoms with Crippen molar-refractivity contribution in [1.29, 1.82) is 0 Å². The van der Waals surface area contributed by atoms with E-state index < -0.39 is 6.10 Å². The highest BCUT2D eigenvalue weighted by atomic mass is 16.5. The van der Waals surface area contributed by atoms with Crippen LogP contribution in [0.1, 0.15) is 411 Å². The van der Waals surface area contributed by atoms with Crippen LogP contribution in [0.25, 0.3) is 0 Å². The summed E-state index contributed by atoms with van der Waals surface area (Å²) in [6.07, 6.45) is 60.4. The van der Waals surface area contributed by atoms with Crippen molar-refractivity contribution in [2.45, 2.75) is 396 Å². The Bertz CT molecular complexity index is 3770. The van der Waals surface area contributed by atoms with Gasteiger partial charge in [0, 0.05) is 12.1 Å². The Labute approximate surface area is 805 Å². The van der Waals surface area contributed by atoms with E-state index in [-0.39, 0.29) is 18.1 Å². The number of rotatable bonds is 43. The molecule has 7 aromatic rings. The van der Waals surface area contributed by atoms with E-state index in [2.05, 4.69) is 118 Å². The van der Waals surface area contributed by atoms with Gasteiger partial charge in [0.2, 0.25) is 0 Å². The van der Waals surface area contributed by atoms with E-state index in [1.54, 1.807) is 0 Å². The van der Waals surface area contributed by atoms with Crippen LogP contribution in [0.4, 0.5) is 0 Å². The molecule has 0 bridgehead atoms. The molecule has 0 amide bonds. The van der Waals surface area contributed by atoms with Gasteiger partial charge in [0.05, 0.1) is 77.8 Å². The monoisotopic (exact) mass is 1820 g/mol. The minimum Gasteiger partial charge on any atom is -0.494 e. The highest BCUT2D eigenvalue weighted by molar-refractivity contribution is 5.36. The molecule has 7 aromatic carbocycles. The van der Waals surface area contributed by atoms with E-state index in [1.807, 2.05) is 121 Å². The third-order valence-corrected chi connectivity index (χ3v) is 27.2. The number of aliphatic hydroxyl groups excluding tert-OH is 3. The smallest absolute Gasteiger partial charge is 0.122 e. The lowest BCUT2D eigenvalue weighted by Gasteiger charge is -2.22. The predicted octanol–water partition coefficient (Wildman–Crippen LogP) is 33.6. The Morgan fingerprint density at radius 3 is 0.788 bits per heavy atom. The molecule has 6 aliphatic rings. The first-order valence-corrected chi connectivity index (χ1v) is 54.0. The molecule has 12 nitrogen and oxygen atoms in total. The fraction of sp³-hybridized carbons (Fsp3) is 0.650. The molecule has 6 fully saturated rings. The van der Waals surface area contributed by atoms with E-state index in [0.717, 1.165) is 203 Å². The van der Waals surface area contributed by atoms with E-state index in [9.17, 15) is 15.3 Å². The summed E-state index contributed by atoms with van der Waals surface area (Å²) in [6.45, 7) is 28.9. The number of hydrogen-bond acceptors (Lipinski definition) is 12. The summed E-state index contributed by atoms with van der Waals surface area (Å²) in [7, 11) is 0. The standard InChI is InChI=1S/C19H30O2.C19H30O.2C18H28O2.C16H24O.C15H22O2.C15H24O2/c1-2-9-19(20)17-12-8-13-18(14-17)21-15-16-10-6-4-3-5-7-11-16;1-2-3-10-17-13-9-14-19(15-17)20-16-18-11-7-5-4-6-8-12-18;1-3-14(2)18(19)16-10-7-11-17(12-16)20-13-15-8-5-4-6-9-15;1-2-13-19-17-11-8-12-18(14-17)20-15-16-9-6-4-3-5-7-10-16;1-2-3-7-14-10-6-11-16(12-14)17-13-15-8-4-5-9-15;1-2-10-16-14-8-5-9-15(11-14)17-12-13-6-3-4-7-13;1-4-6-15(16)13-7-5-8-14(11-13)17-10-9-12(2)3/h8,12-14,16,19-20H,2-7,9-11,15H2,1H3;9,13-15,18H,2-8,10-12,16H2,1H3;7,10-12,14-15,18-19H,3-6,8-9,13H2,1-2H3;8,11-12,14,16H,2-7,9-10,13,15H2,1H3;6,10-12,15H,2-5,7-9,13H2,1H3;5,8-9,11,13H,2-4,6-7,10,12H2,1H3;5,7-8,11-12,15-16H,4,6,9-10H2,1-3H3/t;;14-,18+;;;;/m..1..../s1. The maximum Gasteiger partial charge on any atom is 0.122 e. The molecule has 6 aliphatic carbocycles. The molecular formula is C120H186O12. The summed E-state index contributed by atoms with van der Waals surface area (Å²) < 4.78 is 52.6. The lowest BCUT2D eigenvalue weighted by molar-refractivity contribution is 0.115. The van der Waals surface area contributed by atoms with Gasteiger partial charge in [0.1, 0.15) is 51.7 Å². The highest BCUT2D eigenvalue weighted by Crippen LogP contribution is 2.35. The number of ether oxygens (including phenoxy) is 9. The number of unbranched alkanes of at least 4 members (excludes halogenated alkanes) is 2. The summed E-state index contributed by atoms with van der Waals surface area (Å²) >= 11 is 0. The van der Waals surface area contributed by atoms with Crippen molar-refractivity contribution in [3.05, 3.63) is 198 Å². The van der Waals surface area contributed by atoms with Crippen LogP contribution < -0.4 is 42.6 Å². The summed E-state index contributed by atoms with van der Waals surface area (Å²) in [5, 5.41) is 30.3. The molecule has 6 saturated carbocycles. The van der Waals surface area contributed by atoms with Crippen LogP contribution in [-0.4, -0.2) is 74.8 Å². The van der Waals surface area contributed by atoms with Gasteiger partial charge in [-0.25, -0.2) is 0 Å². The second kappa shape index (κ2) is 71.2. The maximum atomic E-state index is 10.3. The van der Waals surface area contributed by atoms with Crippen LogP contribution in [0.2, 0.25) is 0 Å². The van der Waals surface area contributed by atoms with Crippen LogP contribution in [-0.2, 0) is 12.8 Å². The molecule has 0 saturated heterocycles. The molecule has 0 aliphatic heterocycles. The summed E-state index contributed by atoms with van der Waals surface area (Å²) in [6, 6.07) is 57.1. The number of benzene rings is 7. The van der Waals surface area contributed by atoms with Crippen molar-refractivity contribution in [3.8, 4) is 51.7 Å². The van der Waals surface area contributed by atoms with Crippen molar-refractivity contribution in [3.63, 3.8) is 0 Å².